The average molecular weight is 412 g/mol. The fourth-order valence-electron chi connectivity index (χ4n) is 4.05. The largest absolute Gasteiger partial charge is 0.388 e. The van der Waals surface area contributed by atoms with Crippen LogP contribution in [0.1, 0.15) is 24.6 Å². The van der Waals surface area contributed by atoms with Crippen LogP contribution in [0.5, 0.6) is 0 Å². The van der Waals surface area contributed by atoms with Gasteiger partial charge in [-0.05, 0) is 12.5 Å². The van der Waals surface area contributed by atoms with Crippen LogP contribution >= 0.6 is 0 Å². The van der Waals surface area contributed by atoms with Crippen LogP contribution < -0.4 is 4.90 Å². The number of nitro groups is 1. The van der Waals surface area contributed by atoms with E-state index in [2.05, 4.69) is 19.9 Å². The van der Waals surface area contributed by atoms with Crippen LogP contribution in [0.15, 0.2) is 36.9 Å². The number of nitro benzene ring substituents is 1. The lowest BCUT2D eigenvalue weighted by Crippen LogP contribution is -2.45. The van der Waals surface area contributed by atoms with Crippen molar-refractivity contribution in [2.45, 2.75) is 37.4 Å². The van der Waals surface area contributed by atoms with Gasteiger partial charge in [-0.25, -0.2) is 15.0 Å². The number of fused-ring (bicyclic) bond motifs is 1. The SMILES string of the molecule is C[C@H]1O[C@@H](n2cnc3c(N4CC(c5ccc([N+](=O)[O-])cc5)C4)ncnc32)[C@H](O)[C@@H]1O. The lowest BCUT2D eigenvalue weighted by atomic mass is 9.91. The highest BCUT2D eigenvalue weighted by Crippen LogP contribution is 2.36. The van der Waals surface area contributed by atoms with Crippen molar-refractivity contribution in [3.8, 4) is 0 Å². The Morgan fingerprint density at radius 1 is 1.13 bits per heavy atom. The van der Waals surface area contributed by atoms with E-state index in [4.69, 9.17) is 4.74 Å². The van der Waals surface area contributed by atoms with Crippen LogP contribution in [0.2, 0.25) is 0 Å². The van der Waals surface area contributed by atoms with Crippen molar-refractivity contribution < 1.29 is 19.9 Å². The summed E-state index contributed by atoms with van der Waals surface area (Å²) in [6.45, 7) is 3.11. The van der Waals surface area contributed by atoms with Crippen molar-refractivity contribution in [2.24, 2.45) is 0 Å². The monoisotopic (exact) mass is 412 g/mol. The number of hydrogen-bond acceptors (Lipinski definition) is 9. The van der Waals surface area contributed by atoms with Gasteiger partial charge in [0.05, 0.1) is 17.4 Å². The van der Waals surface area contributed by atoms with E-state index < -0.39 is 29.5 Å². The summed E-state index contributed by atoms with van der Waals surface area (Å²) < 4.78 is 7.30. The highest BCUT2D eigenvalue weighted by molar-refractivity contribution is 5.84. The molecule has 11 nitrogen and oxygen atoms in total. The van der Waals surface area contributed by atoms with Crippen LogP contribution in [0, 0.1) is 10.1 Å². The Labute approximate surface area is 170 Å². The van der Waals surface area contributed by atoms with Gasteiger partial charge in [0, 0.05) is 31.1 Å². The first-order valence-electron chi connectivity index (χ1n) is 9.62. The van der Waals surface area contributed by atoms with E-state index in [1.54, 1.807) is 23.6 Å². The topological polar surface area (TPSA) is 140 Å². The molecule has 4 heterocycles. The van der Waals surface area contributed by atoms with E-state index in [0.717, 1.165) is 5.56 Å². The number of aromatic nitrogens is 4. The maximum absolute atomic E-state index is 10.8. The Balaban J connectivity index is 1.37. The van der Waals surface area contributed by atoms with Crippen LogP contribution in [-0.4, -0.2) is 66.1 Å². The number of benzene rings is 1. The van der Waals surface area contributed by atoms with Gasteiger partial charge in [-0.15, -0.1) is 0 Å². The summed E-state index contributed by atoms with van der Waals surface area (Å²) in [6.07, 6.45) is -0.350. The maximum atomic E-state index is 10.8. The molecule has 2 saturated heterocycles. The number of nitrogens with zero attached hydrogens (tertiary/aromatic N) is 6. The van der Waals surface area contributed by atoms with Gasteiger partial charge in [0.1, 0.15) is 18.5 Å². The summed E-state index contributed by atoms with van der Waals surface area (Å²) in [6, 6.07) is 6.61. The molecular weight excluding hydrogens is 392 g/mol. The van der Waals surface area contributed by atoms with Crippen LogP contribution in [0.3, 0.4) is 0 Å². The molecule has 0 bridgehead atoms. The first-order valence-corrected chi connectivity index (χ1v) is 9.62. The molecule has 0 radical (unpaired) electrons. The van der Waals surface area contributed by atoms with Crippen molar-refractivity contribution in [3.63, 3.8) is 0 Å². The zero-order valence-electron chi connectivity index (χ0n) is 16.1. The van der Waals surface area contributed by atoms with Gasteiger partial charge in [-0.3, -0.25) is 14.7 Å². The second-order valence-electron chi connectivity index (χ2n) is 7.68. The normalized spacial score (nSPS) is 26.8. The molecule has 30 heavy (non-hydrogen) atoms. The quantitative estimate of drug-likeness (QED) is 0.474. The maximum Gasteiger partial charge on any atom is 0.269 e. The molecule has 0 saturated carbocycles. The Bertz CT molecular complexity index is 1100. The number of non-ortho nitro benzene ring substituents is 1. The van der Waals surface area contributed by atoms with Crippen LogP contribution in [0.25, 0.3) is 11.2 Å². The van der Waals surface area contributed by atoms with Crippen molar-refractivity contribution in [2.75, 3.05) is 18.0 Å². The molecule has 2 aliphatic rings. The Hall–Kier alpha value is -3.15. The molecule has 2 aromatic heterocycles. The molecular formula is C19H20N6O5. The Morgan fingerprint density at radius 3 is 2.50 bits per heavy atom. The number of imidazole rings is 1. The molecule has 5 rings (SSSR count). The van der Waals surface area contributed by atoms with Crippen molar-refractivity contribution in [1.82, 2.24) is 19.5 Å². The third-order valence-electron chi connectivity index (χ3n) is 5.85. The van der Waals surface area contributed by atoms with E-state index >= 15 is 0 Å². The van der Waals surface area contributed by atoms with Gasteiger partial charge in [0.15, 0.2) is 23.2 Å². The van der Waals surface area contributed by atoms with Gasteiger partial charge in [-0.2, -0.15) is 0 Å². The fraction of sp³-hybridized carbons (Fsp3) is 0.421. The smallest absolute Gasteiger partial charge is 0.269 e. The fourth-order valence-corrected chi connectivity index (χ4v) is 4.05. The van der Waals surface area contributed by atoms with Crippen molar-refractivity contribution in [1.29, 1.82) is 0 Å². The summed E-state index contributed by atoms with van der Waals surface area (Å²) in [4.78, 5) is 25.6. The minimum atomic E-state index is -1.08. The molecule has 0 unspecified atom stereocenters. The number of hydrogen-bond donors (Lipinski definition) is 2. The van der Waals surface area contributed by atoms with Crippen molar-refractivity contribution >= 4 is 22.7 Å². The standard InChI is InChI=1S/C19H20N6O5/c1-10-15(26)16(27)19(30-10)24-9-22-14-17(20-8-21-18(14)24)23-6-12(7-23)11-2-4-13(5-3-11)25(28)29/h2-5,8-10,12,15-16,19,26-27H,6-7H2,1H3/t10-,15-,16-,19-/m1/s1. The summed E-state index contributed by atoms with van der Waals surface area (Å²) in [5.74, 6) is 0.923. The molecule has 11 heteroatoms. The first kappa shape index (κ1) is 18.9. The van der Waals surface area contributed by atoms with Crippen molar-refractivity contribution in [3.05, 3.63) is 52.6 Å². The van der Waals surface area contributed by atoms with E-state index in [9.17, 15) is 20.3 Å². The lowest BCUT2D eigenvalue weighted by molar-refractivity contribution is -0.384. The number of aliphatic hydroxyl groups is 2. The van der Waals surface area contributed by atoms with Gasteiger partial charge < -0.3 is 19.8 Å². The zero-order valence-corrected chi connectivity index (χ0v) is 16.1. The Kier molecular flexibility index (Phi) is 4.38. The van der Waals surface area contributed by atoms with Crippen LogP contribution in [0.4, 0.5) is 11.5 Å². The number of rotatable bonds is 4. The van der Waals surface area contributed by atoms with Gasteiger partial charge >= 0.3 is 0 Å². The second kappa shape index (κ2) is 6.97. The molecule has 2 aliphatic heterocycles. The minimum absolute atomic E-state index is 0.0775. The summed E-state index contributed by atoms with van der Waals surface area (Å²) in [7, 11) is 0. The highest BCUT2D eigenvalue weighted by atomic mass is 16.6. The molecule has 0 aliphatic carbocycles. The first-order chi connectivity index (χ1) is 14.4. The molecule has 3 aromatic rings. The lowest BCUT2D eigenvalue weighted by Gasteiger charge is -2.40. The second-order valence-corrected chi connectivity index (χ2v) is 7.68. The van der Waals surface area contributed by atoms with E-state index in [1.165, 1.54) is 24.8 Å². The highest BCUT2D eigenvalue weighted by Gasteiger charge is 2.42. The average Bonchev–Trinajstić information content (AvgIpc) is 3.24. The van der Waals surface area contributed by atoms with E-state index in [1.807, 2.05) is 0 Å². The Morgan fingerprint density at radius 2 is 1.87 bits per heavy atom. The zero-order chi connectivity index (χ0) is 21.0. The van der Waals surface area contributed by atoms with Gasteiger partial charge in [-0.1, -0.05) is 12.1 Å². The minimum Gasteiger partial charge on any atom is -0.388 e. The van der Waals surface area contributed by atoms with Crippen LogP contribution in [-0.2, 0) is 4.74 Å². The summed E-state index contributed by atoms with van der Waals surface area (Å²) >= 11 is 0. The molecule has 0 amide bonds. The molecule has 2 N–H and O–H groups in total. The summed E-state index contributed by atoms with van der Waals surface area (Å²) in [5.41, 5.74) is 2.22. The molecule has 1 aromatic carbocycles. The third kappa shape index (κ3) is 2.90. The van der Waals surface area contributed by atoms with Gasteiger partial charge in [0.25, 0.3) is 5.69 Å². The predicted octanol–water partition coefficient (Wildman–Crippen LogP) is 0.977. The molecule has 0 spiro atoms. The summed E-state index contributed by atoms with van der Waals surface area (Å²) in [5, 5.41) is 31.1. The molecule has 156 valence electrons. The van der Waals surface area contributed by atoms with E-state index in [-0.39, 0.29) is 11.6 Å². The number of ether oxygens (including phenoxy) is 1. The molecule has 2 fully saturated rings. The third-order valence-corrected chi connectivity index (χ3v) is 5.85. The molecule has 4 atom stereocenters. The van der Waals surface area contributed by atoms with E-state index in [0.29, 0.717) is 30.1 Å². The predicted molar refractivity (Wildman–Crippen MR) is 105 cm³/mol. The number of anilines is 1. The number of aliphatic hydroxyl groups excluding tert-OH is 2. The van der Waals surface area contributed by atoms with Gasteiger partial charge in [0.2, 0.25) is 0 Å².